The van der Waals surface area contributed by atoms with E-state index in [0.29, 0.717) is 4.57 Å². The van der Waals surface area contributed by atoms with Crippen molar-refractivity contribution < 1.29 is 27.1 Å². The van der Waals surface area contributed by atoms with E-state index in [-0.39, 0.29) is 18.7 Å². The Labute approximate surface area is 121 Å². The van der Waals surface area contributed by atoms with Crippen molar-refractivity contribution in [3.63, 3.8) is 0 Å². The van der Waals surface area contributed by atoms with Crippen molar-refractivity contribution in [2.45, 2.75) is 32.0 Å². The molecule has 21 heavy (non-hydrogen) atoms. The van der Waals surface area contributed by atoms with Crippen LogP contribution >= 0.6 is 11.6 Å². The summed E-state index contributed by atoms with van der Waals surface area (Å²) in [6.07, 6.45) is -6.13. The van der Waals surface area contributed by atoms with Gasteiger partial charge in [-0.15, -0.1) is 0 Å². The van der Waals surface area contributed by atoms with Crippen molar-refractivity contribution in [2.75, 3.05) is 7.11 Å². The number of ether oxygens (including phenoxy) is 1. The molecule has 0 aliphatic heterocycles. The molecule has 0 fully saturated rings. The summed E-state index contributed by atoms with van der Waals surface area (Å²) in [7, 11) is 1.05. The third kappa shape index (κ3) is 5.00. The second-order valence-electron chi connectivity index (χ2n) is 4.07. The number of hydrogen-bond donors (Lipinski definition) is 0. The molecule has 0 bridgehead atoms. The minimum atomic E-state index is -4.36. The third-order valence-corrected chi connectivity index (χ3v) is 2.78. The lowest BCUT2D eigenvalue weighted by Crippen LogP contribution is -2.31. The summed E-state index contributed by atoms with van der Waals surface area (Å²) in [6, 6.07) is 0. The summed E-state index contributed by atoms with van der Waals surface area (Å²) in [5.41, 5.74) is -1.23. The first kappa shape index (κ1) is 17.4. The zero-order valence-electron chi connectivity index (χ0n) is 10.8. The Hall–Kier alpha value is -1.64. The van der Waals surface area contributed by atoms with E-state index in [1.54, 1.807) is 0 Å². The minimum Gasteiger partial charge on any atom is -0.468 e. The van der Waals surface area contributed by atoms with E-state index in [1.165, 1.54) is 0 Å². The average Bonchev–Trinajstić information content (AvgIpc) is 2.38. The highest BCUT2D eigenvalue weighted by Crippen LogP contribution is 2.22. The lowest BCUT2D eigenvalue weighted by Gasteiger charge is -2.12. The summed E-state index contributed by atoms with van der Waals surface area (Å²) in [5.74, 6) is -2.45. The van der Waals surface area contributed by atoms with Gasteiger partial charge in [0, 0.05) is 12.8 Å². The molecule has 0 spiro atoms. The van der Waals surface area contributed by atoms with Crippen LogP contribution in [0.3, 0.4) is 0 Å². The first-order chi connectivity index (χ1) is 9.65. The molecular weight excluding hydrogens is 320 g/mol. The van der Waals surface area contributed by atoms with Gasteiger partial charge in [0.15, 0.2) is 5.15 Å². The Bertz CT molecular complexity index is 586. The SMILES string of the molecule is COC(=O)Cn1c(CCCC(F)(F)F)nc(Cl)c(F)c1=O. The van der Waals surface area contributed by atoms with Crippen molar-refractivity contribution in [3.8, 4) is 0 Å². The molecule has 0 aromatic carbocycles. The van der Waals surface area contributed by atoms with Gasteiger partial charge in [-0.2, -0.15) is 17.6 Å². The van der Waals surface area contributed by atoms with Gasteiger partial charge >= 0.3 is 12.1 Å². The molecule has 1 aromatic heterocycles. The molecule has 0 saturated carbocycles. The highest BCUT2D eigenvalue weighted by Gasteiger charge is 2.27. The van der Waals surface area contributed by atoms with Gasteiger partial charge in [-0.1, -0.05) is 11.6 Å². The van der Waals surface area contributed by atoms with Crippen LogP contribution in [-0.4, -0.2) is 28.8 Å². The van der Waals surface area contributed by atoms with Gasteiger partial charge < -0.3 is 4.74 Å². The normalized spacial score (nSPS) is 11.5. The van der Waals surface area contributed by atoms with Gasteiger partial charge in [-0.25, -0.2) is 4.98 Å². The standard InChI is InChI=1S/C11H11ClF4N2O3/c1-21-7(19)5-18-6(3-2-4-11(14,15)16)17-9(12)8(13)10(18)20/h2-5H2,1H3. The molecule has 1 heterocycles. The van der Waals surface area contributed by atoms with Gasteiger partial charge in [0.1, 0.15) is 12.4 Å². The van der Waals surface area contributed by atoms with E-state index in [4.69, 9.17) is 11.6 Å². The number of esters is 1. The number of methoxy groups -OCH3 is 1. The van der Waals surface area contributed by atoms with Crippen LogP contribution in [0.15, 0.2) is 4.79 Å². The fourth-order valence-corrected chi connectivity index (χ4v) is 1.72. The van der Waals surface area contributed by atoms with Crippen LogP contribution in [0.25, 0.3) is 0 Å². The lowest BCUT2D eigenvalue weighted by molar-refractivity contribution is -0.141. The van der Waals surface area contributed by atoms with Crippen LogP contribution in [-0.2, 0) is 22.5 Å². The number of halogens is 5. The molecule has 0 aliphatic carbocycles. The predicted molar refractivity (Wildman–Crippen MR) is 64.5 cm³/mol. The molecule has 0 radical (unpaired) electrons. The maximum Gasteiger partial charge on any atom is 0.389 e. The molecule has 1 rings (SSSR count). The fraction of sp³-hybridized carbons (Fsp3) is 0.545. The smallest absolute Gasteiger partial charge is 0.389 e. The Morgan fingerprint density at radius 3 is 2.57 bits per heavy atom. The number of nitrogens with zero attached hydrogens (tertiary/aromatic N) is 2. The van der Waals surface area contributed by atoms with E-state index in [1.807, 2.05) is 0 Å². The van der Waals surface area contributed by atoms with Gasteiger partial charge in [0.2, 0.25) is 5.82 Å². The van der Waals surface area contributed by atoms with Crippen molar-refractivity contribution in [3.05, 3.63) is 27.1 Å². The van der Waals surface area contributed by atoms with Crippen LogP contribution in [0.5, 0.6) is 0 Å². The molecular formula is C11H11ClF4N2O3. The van der Waals surface area contributed by atoms with Crippen LogP contribution in [0, 0.1) is 5.82 Å². The third-order valence-electron chi connectivity index (χ3n) is 2.53. The summed E-state index contributed by atoms with van der Waals surface area (Å²) in [4.78, 5) is 26.3. The quantitative estimate of drug-likeness (QED) is 0.471. The Morgan fingerprint density at radius 2 is 2.05 bits per heavy atom. The van der Waals surface area contributed by atoms with Crippen molar-refractivity contribution in [1.29, 1.82) is 0 Å². The Balaban J connectivity index is 3.05. The molecule has 118 valence electrons. The molecule has 0 saturated heterocycles. The topological polar surface area (TPSA) is 61.2 Å². The van der Waals surface area contributed by atoms with E-state index in [2.05, 4.69) is 9.72 Å². The number of hydrogen-bond acceptors (Lipinski definition) is 4. The van der Waals surface area contributed by atoms with E-state index < -0.39 is 41.6 Å². The van der Waals surface area contributed by atoms with E-state index >= 15 is 0 Å². The number of rotatable bonds is 5. The van der Waals surface area contributed by atoms with Crippen LogP contribution < -0.4 is 5.56 Å². The molecule has 1 aromatic rings. The number of aryl methyl sites for hydroxylation is 1. The zero-order chi connectivity index (χ0) is 16.2. The Kier molecular flexibility index (Phi) is 5.70. The van der Waals surface area contributed by atoms with Crippen molar-refractivity contribution in [1.82, 2.24) is 9.55 Å². The van der Waals surface area contributed by atoms with Gasteiger partial charge in [0.05, 0.1) is 7.11 Å². The highest BCUT2D eigenvalue weighted by atomic mass is 35.5. The maximum atomic E-state index is 13.4. The molecule has 10 heteroatoms. The van der Waals surface area contributed by atoms with Gasteiger partial charge in [0.25, 0.3) is 5.56 Å². The molecule has 0 unspecified atom stereocenters. The van der Waals surface area contributed by atoms with E-state index in [0.717, 1.165) is 7.11 Å². The first-order valence-electron chi connectivity index (χ1n) is 5.74. The molecule has 0 aliphatic rings. The molecule has 0 atom stereocenters. The summed E-state index contributed by atoms with van der Waals surface area (Å²) >= 11 is 5.39. The molecule has 0 amide bonds. The number of carbonyl (C=O) groups excluding carboxylic acids is 1. The summed E-state index contributed by atoms with van der Waals surface area (Å²) < 4.78 is 54.6. The number of alkyl halides is 3. The van der Waals surface area contributed by atoms with Crippen molar-refractivity contribution >= 4 is 17.6 Å². The first-order valence-corrected chi connectivity index (χ1v) is 6.11. The molecule has 0 N–H and O–H groups in total. The number of carbonyl (C=O) groups is 1. The average molecular weight is 331 g/mol. The van der Waals surface area contributed by atoms with Gasteiger partial charge in [-0.3, -0.25) is 14.2 Å². The van der Waals surface area contributed by atoms with Gasteiger partial charge in [-0.05, 0) is 6.42 Å². The monoisotopic (exact) mass is 330 g/mol. The van der Waals surface area contributed by atoms with Crippen LogP contribution in [0.4, 0.5) is 17.6 Å². The lowest BCUT2D eigenvalue weighted by atomic mass is 10.2. The summed E-state index contributed by atoms with van der Waals surface area (Å²) in [5, 5.41) is -0.747. The molecule has 5 nitrogen and oxygen atoms in total. The maximum absolute atomic E-state index is 13.4. The zero-order valence-corrected chi connectivity index (χ0v) is 11.6. The predicted octanol–water partition coefficient (Wildman–Crippen LogP) is 2.09. The van der Waals surface area contributed by atoms with Crippen LogP contribution in [0.1, 0.15) is 18.7 Å². The highest BCUT2D eigenvalue weighted by molar-refractivity contribution is 6.29. The second kappa shape index (κ2) is 6.88. The van der Waals surface area contributed by atoms with Crippen molar-refractivity contribution in [2.24, 2.45) is 0 Å². The minimum absolute atomic E-state index is 0.207. The van der Waals surface area contributed by atoms with E-state index in [9.17, 15) is 27.2 Å². The van der Waals surface area contributed by atoms with Crippen LogP contribution in [0.2, 0.25) is 5.15 Å². The summed E-state index contributed by atoms with van der Waals surface area (Å²) in [6.45, 7) is -0.655. The second-order valence-corrected chi connectivity index (χ2v) is 4.43. The fourth-order valence-electron chi connectivity index (χ4n) is 1.54. The number of aromatic nitrogens is 2. The Morgan fingerprint density at radius 1 is 1.43 bits per heavy atom. The largest absolute Gasteiger partial charge is 0.468 e.